The first kappa shape index (κ1) is 10.9. The third-order valence-electron chi connectivity index (χ3n) is 1.49. The number of ketones is 1. The van der Waals surface area contributed by atoms with Crippen LogP contribution in [0.2, 0.25) is 0 Å². The Balaban J connectivity index is 3.28. The lowest BCUT2D eigenvalue weighted by molar-refractivity contribution is -0.117. The van der Waals surface area contributed by atoms with Gasteiger partial charge in [0.15, 0.2) is 0 Å². The maximum atomic E-state index is 10.6. The van der Waals surface area contributed by atoms with Crippen LogP contribution in [0.1, 0.15) is 32.6 Å². The number of alkyl halides is 1. The minimum atomic E-state index is 0.271. The van der Waals surface area contributed by atoms with Crippen LogP contribution >= 0.6 is 15.9 Å². The summed E-state index contributed by atoms with van der Waals surface area (Å²) in [5, 5.41) is 0. The Labute approximate surface area is 77.0 Å². The fourth-order valence-electron chi connectivity index (χ4n) is 0.803. The van der Waals surface area contributed by atoms with E-state index >= 15 is 0 Å². The van der Waals surface area contributed by atoms with Crippen molar-refractivity contribution in [2.24, 2.45) is 0 Å². The van der Waals surface area contributed by atoms with Crippen molar-refractivity contribution in [1.29, 1.82) is 0 Å². The van der Waals surface area contributed by atoms with Crippen molar-refractivity contribution in [3.05, 3.63) is 12.7 Å². The Hall–Kier alpha value is -0.110. The standard InChI is InChI=1S/C9H15BrO/c1-3-4-5-9(10)7-6-8(2)11/h3,9H,1,4-7H2,2H3. The number of Topliss-reactive ketones (excluding diaryl/α,β-unsaturated/α-hetero) is 1. The van der Waals surface area contributed by atoms with E-state index < -0.39 is 0 Å². The summed E-state index contributed by atoms with van der Waals surface area (Å²) in [5.74, 6) is 0.271. The largest absolute Gasteiger partial charge is 0.300 e. The Morgan fingerprint density at radius 2 is 2.27 bits per heavy atom. The number of hydrogen-bond acceptors (Lipinski definition) is 1. The molecule has 0 saturated carbocycles. The van der Waals surface area contributed by atoms with E-state index in [1.165, 1.54) is 0 Å². The summed E-state index contributed by atoms with van der Waals surface area (Å²) < 4.78 is 0. The molecule has 1 unspecified atom stereocenters. The number of rotatable bonds is 6. The van der Waals surface area contributed by atoms with Gasteiger partial charge < -0.3 is 4.79 Å². The molecule has 0 fully saturated rings. The van der Waals surface area contributed by atoms with Gasteiger partial charge in [-0.3, -0.25) is 0 Å². The van der Waals surface area contributed by atoms with Gasteiger partial charge in [0.05, 0.1) is 0 Å². The lowest BCUT2D eigenvalue weighted by Crippen LogP contribution is -2.00. The number of allylic oxidation sites excluding steroid dienone is 1. The molecule has 0 rings (SSSR count). The molecular weight excluding hydrogens is 204 g/mol. The summed E-state index contributed by atoms with van der Waals surface area (Å²) >= 11 is 3.51. The maximum Gasteiger partial charge on any atom is 0.129 e. The monoisotopic (exact) mass is 218 g/mol. The van der Waals surface area contributed by atoms with E-state index in [-0.39, 0.29) is 5.78 Å². The van der Waals surface area contributed by atoms with E-state index in [0.29, 0.717) is 11.2 Å². The molecular formula is C9H15BrO. The van der Waals surface area contributed by atoms with Crippen molar-refractivity contribution in [3.63, 3.8) is 0 Å². The van der Waals surface area contributed by atoms with Crippen LogP contribution in [-0.4, -0.2) is 10.6 Å². The van der Waals surface area contributed by atoms with Gasteiger partial charge in [-0.15, -0.1) is 6.58 Å². The highest BCUT2D eigenvalue weighted by atomic mass is 79.9. The molecule has 0 aliphatic heterocycles. The lowest BCUT2D eigenvalue weighted by Gasteiger charge is -2.05. The summed E-state index contributed by atoms with van der Waals surface area (Å²) in [4.78, 5) is 11.1. The van der Waals surface area contributed by atoms with Crippen molar-refractivity contribution in [2.45, 2.75) is 37.4 Å². The number of carbonyl (C=O) groups is 1. The van der Waals surface area contributed by atoms with Gasteiger partial charge in [0, 0.05) is 11.2 Å². The molecule has 0 heterocycles. The zero-order valence-corrected chi connectivity index (χ0v) is 8.56. The zero-order valence-electron chi connectivity index (χ0n) is 6.98. The number of hydrogen-bond donors (Lipinski definition) is 0. The predicted octanol–water partition coefficient (Wildman–Crippen LogP) is 3.09. The molecule has 0 aliphatic rings. The molecule has 0 spiro atoms. The Morgan fingerprint density at radius 1 is 1.64 bits per heavy atom. The van der Waals surface area contributed by atoms with Gasteiger partial charge in [-0.05, 0) is 26.2 Å². The van der Waals surface area contributed by atoms with E-state index in [1.54, 1.807) is 6.92 Å². The van der Waals surface area contributed by atoms with Crippen LogP contribution in [0.15, 0.2) is 12.7 Å². The average molecular weight is 219 g/mol. The highest BCUT2D eigenvalue weighted by molar-refractivity contribution is 9.09. The van der Waals surface area contributed by atoms with E-state index in [0.717, 1.165) is 19.3 Å². The van der Waals surface area contributed by atoms with Crippen LogP contribution in [0, 0.1) is 0 Å². The van der Waals surface area contributed by atoms with Crippen LogP contribution in [-0.2, 0) is 4.79 Å². The van der Waals surface area contributed by atoms with Gasteiger partial charge in [-0.25, -0.2) is 0 Å². The summed E-state index contributed by atoms with van der Waals surface area (Å²) in [5.41, 5.74) is 0. The van der Waals surface area contributed by atoms with Gasteiger partial charge >= 0.3 is 0 Å². The topological polar surface area (TPSA) is 17.1 Å². The van der Waals surface area contributed by atoms with Crippen molar-refractivity contribution in [3.8, 4) is 0 Å². The van der Waals surface area contributed by atoms with Crippen molar-refractivity contribution < 1.29 is 4.79 Å². The summed E-state index contributed by atoms with van der Waals surface area (Å²) in [6.07, 6.45) is 5.64. The molecule has 0 aromatic heterocycles. The van der Waals surface area contributed by atoms with Crippen molar-refractivity contribution in [2.75, 3.05) is 0 Å². The minimum absolute atomic E-state index is 0.271. The summed E-state index contributed by atoms with van der Waals surface area (Å²) in [6, 6.07) is 0. The van der Waals surface area contributed by atoms with Crippen molar-refractivity contribution >= 4 is 21.7 Å². The van der Waals surface area contributed by atoms with Crippen LogP contribution in [0.3, 0.4) is 0 Å². The lowest BCUT2D eigenvalue weighted by atomic mass is 10.1. The zero-order chi connectivity index (χ0) is 8.69. The molecule has 0 amide bonds. The average Bonchev–Trinajstić information content (AvgIpc) is 1.97. The fourth-order valence-corrected chi connectivity index (χ4v) is 1.30. The Morgan fingerprint density at radius 3 is 2.73 bits per heavy atom. The van der Waals surface area contributed by atoms with Crippen molar-refractivity contribution in [1.82, 2.24) is 0 Å². The highest BCUT2D eigenvalue weighted by Crippen LogP contribution is 2.14. The smallest absolute Gasteiger partial charge is 0.129 e. The summed E-state index contributed by atoms with van der Waals surface area (Å²) in [7, 11) is 0. The third-order valence-corrected chi connectivity index (χ3v) is 2.41. The molecule has 0 aromatic rings. The molecule has 0 N–H and O–H groups in total. The first-order chi connectivity index (χ1) is 5.16. The van der Waals surface area contributed by atoms with E-state index in [4.69, 9.17) is 0 Å². The predicted molar refractivity (Wildman–Crippen MR) is 52.1 cm³/mol. The second kappa shape index (κ2) is 6.59. The quantitative estimate of drug-likeness (QED) is 0.495. The first-order valence-corrected chi connectivity index (χ1v) is 4.82. The Bertz CT molecular complexity index is 132. The van der Waals surface area contributed by atoms with E-state index in [9.17, 15) is 4.79 Å². The molecule has 0 bridgehead atoms. The van der Waals surface area contributed by atoms with Gasteiger partial charge in [0.2, 0.25) is 0 Å². The SMILES string of the molecule is C=CCCC(Br)CCC(C)=O. The van der Waals surface area contributed by atoms with Gasteiger partial charge in [0.1, 0.15) is 5.78 Å². The minimum Gasteiger partial charge on any atom is -0.300 e. The number of halogens is 1. The summed E-state index contributed by atoms with van der Waals surface area (Å²) in [6.45, 7) is 5.27. The second-order valence-corrected chi connectivity index (χ2v) is 4.00. The third kappa shape index (κ3) is 7.79. The van der Waals surface area contributed by atoms with Crippen LogP contribution in [0.5, 0.6) is 0 Å². The second-order valence-electron chi connectivity index (χ2n) is 2.70. The van der Waals surface area contributed by atoms with Gasteiger partial charge in [-0.1, -0.05) is 22.0 Å². The molecule has 1 nitrogen and oxygen atoms in total. The molecule has 0 saturated heterocycles. The Kier molecular flexibility index (Phi) is 6.52. The highest BCUT2D eigenvalue weighted by Gasteiger charge is 2.03. The normalized spacial score (nSPS) is 12.5. The van der Waals surface area contributed by atoms with Gasteiger partial charge in [0.25, 0.3) is 0 Å². The fraction of sp³-hybridized carbons (Fsp3) is 0.667. The molecule has 1 atom stereocenters. The number of carbonyl (C=O) groups excluding carboxylic acids is 1. The molecule has 11 heavy (non-hydrogen) atoms. The van der Waals surface area contributed by atoms with Crippen LogP contribution in [0.4, 0.5) is 0 Å². The molecule has 64 valence electrons. The first-order valence-electron chi connectivity index (χ1n) is 3.91. The molecule has 0 aliphatic carbocycles. The molecule has 0 radical (unpaired) electrons. The van der Waals surface area contributed by atoms with Gasteiger partial charge in [-0.2, -0.15) is 0 Å². The van der Waals surface area contributed by atoms with Crippen LogP contribution < -0.4 is 0 Å². The molecule has 2 heteroatoms. The molecule has 0 aromatic carbocycles. The van der Waals surface area contributed by atoms with Crippen LogP contribution in [0.25, 0.3) is 0 Å². The maximum absolute atomic E-state index is 10.6. The van der Waals surface area contributed by atoms with E-state index in [1.807, 2.05) is 6.08 Å². The van der Waals surface area contributed by atoms with E-state index in [2.05, 4.69) is 22.5 Å².